The number of fused-ring (bicyclic) bond motifs is 1. The fraction of sp³-hybridized carbons (Fsp3) is 0.200. The molecule has 4 rings (SSSR count). The van der Waals surface area contributed by atoms with Crippen molar-refractivity contribution < 1.29 is 18.4 Å². The summed E-state index contributed by atoms with van der Waals surface area (Å²) in [4.78, 5) is 16.4. The predicted molar refractivity (Wildman–Crippen MR) is 104 cm³/mol. The van der Waals surface area contributed by atoms with Crippen molar-refractivity contribution in [2.24, 2.45) is 0 Å². The largest absolute Gasteiger partial charge is 0.452 e. The van der Waals surface area contributed by atoms with Crippen LogP contribution in [0.2, 0.25) is 0 Å². The first-order chi connectivity index (χ1) is 13.6. The van der Waals surface area contributed by atoms with Crippen LogP contribution in [-0.2, 0) is 9.53 Å². The monoisotopic (exact) mass is 395 g/mol. The fourth-order valence-electron chi connectivity index (χ4n) is 2.61. The number of oxazole rings is 1. The van der Waals surface area contributed by atoms with Crippen molar-refractivity contribution in [3.05, 3.63) is 60.0 Å². The van der Waals surface area contributed by atoms with Gasteiger partial charge in [-0.05, 0) is 38.1 Å². The summed E-state index contributed by atoms with van der Waals surface area (Å²) in [6.45, 7) is 3.68. The van der Waals surface area contributed by atoms with Crippen LogP contribution in [0.5, 0.6) is 0 Å². The van der Waals surface area contributed by atoms with E-state index in [0.29, 0.717) is 16.7 Å². The maximum absolute atomic E-state index is 12.1. The van der Waals surface area contributed by atoms with Crippen molar-refractivity contribution in [2.75, 3.05) is 5.75 Å². The number of para-hydroxylation sites is 2. The summed E-state index contributed by atoms with van der Waals surface area (Å²) < 4.78 is 16.6. The molecule has 0 amide bonds. The minimum atomic E-state index is -0.650. The summed E-state index contributed by atoms with van der Waals surface area (Å²) in [5, 5.41) is 8.45. The van der Waals surface area contributed by atoms with Gasteiger partial charge in [-0.3, -0.25) is 4.79 Å². The van der Waals surface area contributed by atoms with Gasteiger partial charge < -0.3 is 13.6 Å². The first kappa shape index (κ1) is 18.2. The number of thioether (sulfide) groups is 1. The Kier molecular flexibility index (Phi) is 5.12. The summed E-state index contributed by atoms with van der Waals surface area (Å²) >= 11 is 1.18. The highest BCUT2D eigenvalue weighted by atomic mass is 32.2. The second-order valence-electron chi connectivity index (χ2n) is 6.18. The van der Waals surface area contributed by atoms with Crippen molar-refractivity contribution in [2.45, 2.75) is 25.2 Å². The van der Waals surface area contributed by atoms with Crippen molar-refractivity contribution in [1.82, 2.24) is 15.2 Å². The highest BCUT2D eigenvalue weighted by Gasteiger charge is 2.20. The zero-order valence-corrected chi connectivity index (χ0v) is 16.1. The Morgan fingerprint density at radius 1 is 1.14 bits per heavy atom. The summed E-state index contributed by atoms with van der Waals surface area (Å²) in [5.41, 5.74) is 3.35. The first-order valence-electron chi connectivity index (χ1n) is 8.67. The van der Waals surface area contributed by atoms with Crippen LogP contribution >= 0.6 is 11.8 Å². The average Bonchev–Trinajstić information content (AvgIpc) is 3.33. The van der Waals surface area contributed by atoms with Crippen molar-refractivity contribution in [3.8, 4) is 11.5 Å². The number of carbonyl (C=O) groups is 1. The molecule has 0 fully saturated rings. The van der Waals surface area contributed by atoms with Crippen LogP contribution in [0.15, 0.2) is 62.6 Å². The maximum atomic E-state index is 12.1. The van der Waals surface area contributed by atoms with Gasteiger partial charge in [0.25, 0.3) is 11.1 Å². The van der Waals surface area contributed by atoms with E-state index in [1.54, 1.807) is 6.92 Å². The number of aromatic nitrogens is 3. The Bertz CT molecular complexity index is 1090. The van der Waals surface area contributed by atoms with E-state index in [9.17, 15) is 4.79 Å². The molecule has 0 aliphatic carbocycles. The van der Waals surface area contributed by atoms with E-state index in [1.165, 1.54) is 11.8 Å². The molecule has 2 aromatic heterocycles. The van der Waals surface area contributed by atoms with Gasteiger partial charge in [0.05, 0.1) is 0 Å². The average molecular weight is 395 g/mol. The topological polar surface area (TPSA) is 91.2 Å². The third-order valence-corrected chi connectivity index (χ3v) is 4.75. The summed E-state index contributed by atoms with van der Waals surface area (Å²) in [6, 6.07) is 15.2. The van der Waals surface area contributed by atoms with Crippen LogP contribution in [0.3, 0.4) is 0 Å². The van der Waals surface area contributed by atoms with Crippen LogP contribution in [0.4, 0.5) is 0 Å². The van der Waals surface area contributed by atoms with Gasteiger partial charge in [0, 0.05) is 5.56 Å². The number of rotatable bonds is 6. The van der Waals surface area contributed by atoms with Gasteiger partial charge in [-0.15, -0.1) is 10.2 Å². The molecule has 0 radical (unpaired) electrons. The quantitative estimate of drug-likeness (QED) is 0.346. The molecule has 2 heterocycles. The number of aryl methyl sites for hydroxylation is 1. The van der Waals surface area contributed by atoms with Gasteiger partial charge in [-0.1, -0.05) is 41.6 Å². The second kappa shape index (κ2) is 7.85. The van der Waals surface area contributed by atoms with E-state index in [-0.39, 0.29) is 11.6 Å². The van der Waals surface area contributed by atoms with Crippen molar-refractivity contribution in [1.29, 1.82) is 0 Å². The SMILES string of the molecule is Cc1cccc(-c2nnc(C(C)OC(=O)CSc3nc4ccccc4o3)o2)c1. The molecule has 1 atom stereocenters. The van der Waals surface area contributed by atoms with E-state index >= 15 is 0 Å². The molecule has 0 N–H and O–H groups in total. The molecule has 0 saturated carbocycles. The molecule has 142 valence electrons. The van der Waals surface area contributed by atoms with E-state index in [2.05, 4.69) is 15.2 Å². The fourth-order valence-corrected chi connectivity index (χ4v) is 3.23. The van der Waals surface area contributed by atoms with Crippen molar-refractivity contribution in [3.63, 3.8) is 0 Å². The number of esters is 1. The van der Waals surface area contributed by atoms with Gasteiger partial charge in [0.2, 0.25) is 5.89 Å². The molecule has 8 heteroatoms. The predicted octanol–water partition coefficient (Wildman–Crippen LogP) is 4.58. The lowest BCUT2D eigenvalue weighted by molar-refractivity contribution is -0.146. The normalized spacial score (nSPS) is 12.2. The minimum absolute atomic E-state index is 0.0655. The minimum Gasteiger partial charge on any atom is -0.452 e. The number of carbonyl (C=O) groups excluding carboxylic acids is 1. The molecule has 0 aliphatic rings. The Morgan fingerprint density at radius 3 is 2.82 bits per heavy atom. The molecule has 4 aromatic rings. The Morgan fingerprint density at radius 2 is 2.00 bits per heavy atom. The van der Waals surface area contributed by atoms with Crippen LogP contribution in [0.1, 0.15) is 24.5 Å². The van der Waals surface area contributed by atoms with E-state index in [4.69, 9.17) is 13.6 Å². The maximum Gasteiger partial charge on any atom is 0.317 e. The second-order valence-corrected chi connectivity index (χ2v) is 7.11. The highest BCUT2D eigenvalue weighted by Crippen LogP contribution is 2.25. The number of hydrogen-bond donors (Lipinski definition) is 0. The van der Waals surface area contributed by atoms with E-state index in [1.807, 2.05) is 55.5 Å². The Labute approximate surface area is 165 Å². The summed E-state index contributed by atoms with van der Waals surface area (Å²) in [6.07, 6.45) is -0.650. The van der Waals surface area contributed by atoms with Crippen LogP contribution in [-0.4, -0.2) is 26.9 Å². The lowest BCUT2D eigenvalue weighted by atomic mass is 10.1. The number of hydrogen-bond acceptors (Lipinski definition) is 8. The van der Waals surface area contributed by atoms with Crippen LogP contribution in [0, 0.1) is 6.92 Å². The molecule has 2 aromatic carbocycles. The number of ether oxygens (including phenoxy) is 1. The smallest absolute Gasteiger partial charge is 0.317 e. The summed E-state index contributed by atoms with van der Waals surface area (Å²) in [7, 11) is 0. The van der Waals surface area contributed by atoms with Crippen molar-refractivity contribution >= 4 is 28.8 Å². The van der Waals surface area contributed by atoms with Crippen LogP contribution < -0.4 is 0 Å². The van der Waals surface area contributed by atoms with Gasteiger partial charge in [0.15, 0.2) is 11.7 Å². The van der Waals surface area contributed by atoms with Crippen LogP contribution in [0.25, 0.3) is 22.6 Å². The Balaban J connectivity index is 1.35. The van der Waals surface area contributed by atoms with E-state index < -0.39 is 12.1 Å². The molecule has 0 bridgehead atoms. The third kappa shape index (κ3) is 4.07. The van der Waals surface area contributed by atoms with Gasteiger partial charge in [0.1, 0.15) is 11.3 Å². The van der Waals surface area contributed by atoms with Gasteiger partial charge >= 0.3 is 5.97 Å². The number of benzene rings is 2. The van der Waals surface area contributed by atoms with E-state index in [0.717, 1.165) is 16.6 Å². The van der Waals surface area contributed by atoms with Gasteiger partial charge in [-0.25, -0.2) is 4.98 Å². The molecular formula is C20H17N3O4S. The standard InChI is InChI=1S/C20H17N3O4S/c1-12-6-5-7-14(10-12)19-23-22-18(27-19)13(2)25-17(24)11-28-20-21-15-8-3-4-9-16(15)26-20/h3-10,13H,11H2,1-2H3. The molecule has 0 aliphatic heterocycles. The first-order valence-corrected chi connectivity index (χ1v) is 9.65. The highest BCUT2D eigenvalue weighted by molar-refractivity contribution is 7.99. The molecule has 0 saturated heterocycles. The third-order valence-electron chi connectivity index (χ3n) is 3.95. The lowest BCUT2D eigenvalue weighted by Crippen LogP contribution is -2.11. The molecule has 0 spiro atoms. The zero-order valence-electron chi connectivity index (χ0n) is 15.3. The zero-order chi connectivity index (χ0) is 19.5. The van der Waals surface area contributed by atoms with Gasteiger partial charge in [-0.2, -0.15) is 0 Å². The molecule has 1 unspecified atom stereocenters. The lowest BCUT2D eigenvalue weighted by Gasteiger charge is -2.08. The Hall–Kier alpha value is -3.13. The molecule has 7 nitrogen and oxygen atoms in total. The molecular weight excluding hydrogens is 378 g/mol. The summed E-state index contributed by atoms with van der Waals surface area (Å²) in [5.74, 6) is 0.282. The number of nitrogens with zero attached hydrogens (tertiary/aromatic N) is 3. The molecule has 28 heavy (non-hydrogen) atoms.